The van der Waals surface area contributed by atoms with Crippen LogP contribution in [-0.4, -0.2) is 38.3 Å². The number of oxime groups is 1. The first-order valence-electron chi connectivity index (χ1n) is 5.81. The highest BCUT2D eigenvalue weighted by Crippen LogP contribution is 2.34. The number of rotatable bonds is 3. The molecule has 0 spiro atoms. The van der Waals surface area contributed by atoms with Gasteiger partial charge in [0.25, 0.3) is 5.56 Å². The zero-order valence-corrected chi connectivity index (χ0v) is 10.4. The fourth-order valence-electron chi connectivity index (χ4n) is 2.11. The molecule has 1 aromatic heterocycles. The van der Waals surface area contributed by atoms with Gasteiger partial charge in [-0.05, 0) is 19.8 Å². The number of ether oxygens (including phenoxy) is 1. The summed E-state index contributed by atoms with van der Waals surface area (Å²) in [5, 5.41) is 20.8. The Balaban J connectivity index is 2.33. The number of aromatic amines is 1. The van der Waals surface area contributed by atoms with Crippen LogP contribution in [0.15, 0.2) is 20.9 Å². The molecule has 1 aliphatic heterocycles. The van der Waals surface area contributed by atoms with Crippen LogP contribution < -0.4 is 11.2 Å². The molecule has 0 aliphatic carbocycles. The summed E-state index contributed by atoms with van der Waals surface area (Å²) in [5.41, 5.74) is -1.72. The number of aliphatic hydroxyl groups is 1. The minimum atomic E-state index is -1.09. The van der Waals surface area contributed by atoms with Crippen molar-refractivity contribution in [3.63, 3.8) is 0 Å². The number of nitrogens with one attached hydrogen (secondary N) is 1. The van der Waals surface area contributed by atoms with Crippen LogP contribution in [-0.2, 0) is 4.74 Å². The number of aryl methyl sites for hydroxylation is 1. The lowest BCUT2D eigenvalue weighted by Gasteiger charge is -2.22. The summed E-state index contributed by atoms with van der Waals surface area (Å²) in [4.78, 5) is 25.2. The van der Waals surface area contributed by atoms with Gasteiger partial charge in [-0.2, -0.15) is 0 Å². The molecule has 1 aliphatic rings. The molecule has 1 fully saturated rings. The Morgan fingerprint density at radius 3 is 3.05 bits per heavy atom. The molecule has 2 rings (SSSR count). The minimum Gasteiger partial charge on any atom is -0.411 e. The summed E-state index contributed by atoms with van der Waals surface area (Å²) in [6.07, 6.45) is 2.76. The highest BCUT2D eigenvalue weighted by atomic mass is 16.5. The fourth-order valence-corrected chi connectivity index (χ4v) is 2.11. The number of nitrogens with zero attached hydrogens (tertiary/aromatic N) is 2. The maximum absolute atomic E-state index is 11.7. The molecular formula is C11H15N3O5. The maximum Gasteiger partial charge on any atom is 0.330 e. The van der Waals surface area contributed by atoms with Crippen molar-refractivity contribution in [1.82, 2.24) is 9.55 Å². The van der Waals surface area contributed by atoms with Gasteiger partial charge in [0.05, 0.1) is 12.8 Å². The lowest BCUT2D eigenvalue weighted by molar-refractivity contribution is -0.0572. The van der Waals surface area contributed by atoms with E-state index in [9.17, 15) is 14.7 Å². The van der Waals surface area contributed by atoms with Gasteiger partial charge in [0.2, 0.25) is 0 Å². The van der Waals surface area contributed by atoms with Crippen molar-refractivity contribution in [3.8, 4) is 0 Å². The second-order valence-electron chi connectivity index (χ2n) is 4.56. The monoisotopic (exact) mass is 269 g/mol. The van der Waals surface area contributed by atoms with Crippen LogP contribution >= 0.6 is 0 Å². The topological polar surface area (TPSA) is 117 Å². The molecule has 0 aromatic carbocycles. The molecule has 8 nitrogen and oxygen atoms in total. The van der Waals surface area contributed by atoms with Crippen LogP contribution in [0.5, 0.6) is 0 Å². The quantitative estimate of drug-likeness (QED) is 0.383. The van der Waals surface area contributed by atoms with E-state index < -0.39 is 23.1 Å². The van der Waals surface area contributed by atoms with E-state index >= 15 is 0 Å². The Morgan fingerprint density at radius 2 is 2.42 bits per heavy atom. The summed E-state index contributed by atoms with van der Waals surface area (Å²) in [5.74, 6) is 0. The number of hydrogen-bond acceptors (Lipinski definition) is 6. The third-order valence-corrected chi connectivity index (χ3v) is 3.20. The molecule has 0 bridgehead atoms. The van der Waals surface area contributed by atoms with Gasteiger partial charge in [0, 0.05) is 11.8 Å². The SMILES string of the molecule is Cc1cn([C@H]2CC[C@@](C=NO)(CO)O2)c(=O)[nH]c1=O. The summed E-state index contributed by atoms with van der Waals surface area (Å²) < 4.78 is 6.85. The van der Waals surface area contributed by atoms with Crippen molar-refractivity contribution >= 4 is 6.21 Å². The van der Waals surface area contributed by atoms with Crippen molar-refractivity contribution in [1.29, 1.82) is 0 Å². The first-order chi connectivity index (χ1) is 9.01. The van der Waals surface area contributed by atoms with Crippen LogP contribution in [0.4, 0.5) is 0 Å². The summed E-state index contributed by atoms with van der Waals surface area (Å²) in [7, 11) is 0. The fraction of sp³-hybridized carbons (Fsp3) is 0.545. The van der Waals surface area contributed by atoms with Crippen molar-refractivity contribution < 1.29 is 15.1 Å². The molecule has 104 valence electrons. The van der Waals surface area contributed by atoms with Crippen LogP contribution in [0.25, 0.3) is 0 Å². The Hall–Kier alpha value is -1.93. The molecule has 1 aromatic rings. The maximum atomic E-state index is 11.7. The number of H-pyrrole nitrogens is 1. The second-order valence-corrected chi connectivity index (χ2v) is 4.56. The van der Waals surface area contributed by atoms with E-state index in [2.05, 4.69) is 10.1 Å². The summed E-state index contributed by atoms with van der Waals surface area (Å²) in [6, 6.07) is 0. The Labute approximate surface area is 108 Å². The third kappa shape index (κ3) is 2.45. The van der Waals surface area contributed by atoms with Crippen molar-refractivity contribution in [3.05, 3.63) is 32.6 Å². The van der Waals surface area contributed by atoms with Crippen molar-refractivity contribution in [2.45, 2.75) is 31.6 Å². The van der Waals surface area contributed by atoms with Gasteiger partial charge in [-0.3, -0.25) is 14.3 Å². The van der Waals surface area contributed by atoms with E-state index in [1.165, 1.54) is 10.8 Å². The predicted octanol–water partition coefficient (Wildman–Crippen LogP) is -0.655. The van der Waals surface area contributed by atoms with Crippen molar-refractivity contribution in [2.24, 2.45) is 5.16 Å². The van der Waals surface area contributed by atoms with E-state index in [1.807, 2.05) is 0 Å². The predicted molar refractivity (Wildman–Crippen MR) is 65.5 cm³/mol. The zero-order chi connectivity index (χ0) is 14.0. The summed E-state index contributed by atoms with van der Waals surface area (Å²) in [6.45, 7) is 1.23. The van der Waals surface area contributed by atoms with E-state index in [0.717, 1.165) is 6.21 Å². The van der Waals surface area contributed by atoms with Gasteiger partial charge in [0.1, 0.15) is 11.8 Å². The number of aromatic nitrogens is 2. The first kappa shape index (κ1) is 13.5. The van der Waals surface area contributed by atoms with Crippen LogP contribution in [0.2, 0.25) is 0 Å². The number of aliphatic hydroxyl groups excluding tert-OH is 1. The van der Waals surface area contributed by atoms with Gasteiger partial charge >= 0.3 is 5.69 Å². The van der Waals surface area contributed by atoms with Crippen LogP contribution in [0.1, 0.15) is 24.6 Å². The molecule has 19 heavy (non-hydrogen) atoms. The largest absolute Gasteiger partial charge is 0.411 e. The molecular weight excluding hydrogens is 254 g/mol. The standard InChI is InChI=1S/C11H15N3O5/c1-7-4-14(10(17)13-9(7)16)8-2-3-11(6-15,19-8)5-12-18/h4-5,8,15,18H,2-3,6H2,1H3,(H,13,16,17)/t8-,11-/m1/s1. The minimum absolute atomic E-state index is 0.357. The van der Waals surface area contributed by atoms with Crippen molar-refractivity contribution in [2.75, 3.05) is 6.61 Å². The average Bonchev–Trinajstić information content (AvgIpc) is 2.79. The average molecular weight is 269 g/mol. The Morgan fingerprint density at radius 1 is 1.68 bits per heavy atom. The van der Waals surface area contributed by atoms with E-state index in [4.69, 9.17) is 9.94 Å². The highest BCUT2D eigenvalue weighted by molar-refractivity contribution is 5.68. The molecule has 0 unspecified atom stereocenters. The molecule has 2 atom stereocenters. The Kier molecular flexibility index (Phi) is 3.54. The zero-order valence-electron chi connectivity index (χ0n) is 10.4. The molecule has 0 radical (unpaired) electrons. The van der Waals surface area contributed by atoms with Gasteiger partial charge < -0.3 is 15.1 Å². The smallest absolute Gasteiger partial charge is 0.330 e. The van der Waals surface area contributed by atoms with Gasteiger partial charge in [-0.25, -0.2) is 4.79 Å². The molecule has 0 saturated carbocycles. The summed E-state index contributed by atoms with van der Waals surface area (Å²) >= 11 is 0. The molecule has 2 heterocycles. The number of hydrogen-bond donors (Lipinski definition) is 3. The van der Waals surface area contributed by atoms with Gasteiger partial charge in [-0.1, -0.05) is 5.16 Å². The Bertz CT molecular complexity index is 605. The molecule has 8 heteroatoms. The van der Waals surface area contributed by atoms with Gasteiger partial charge in [0.15, 0.2) is 0 Å². The third-order valence-electron chi connectivity index (χ3n) is 3.20. The molecule has 1 saturated heterocycles. The lowest BCUT2D eigenvalue weighted by atomic mass is 10.0. The second kappa shape index (κ2) is 4.98. The van der Waals surface area contributed by atoms with Crippen LogP contribution in [0.3, 0.4) is 0 Å². The normalized spacial score (nSPS) is 27.2. The van der Waals surface area contributed by atoms with E-state index in [1.54, 1.807) is 6.92 Å². The van der Waals surface area contributed by atoms with E-state index in [-0.39, 0.29) is 6.61 Å². The van der Waals surface area contributed by atoms with Gasteiger partial charge in [-0.15, -0.1) is 0 Å². The molecule has 3 N–H and O–H groups in total. The van der Waals surface area contributed by atoms with E-state index in [0.29, 0.717) is 18.4 Å². The lowest BCUT2D eigenvalue weighted by Crippen LogP contribution is -2.38. The first-order valence-corrected chi connectivity index (χ1v) is 5.81. The van der Waals surface area contributed by atoms with Crippen LogP contribution in [0, 0.1) is 6.92 Å². The highest BCUT2D eigenvalue weighted by Gasteiger charge is 2.40. The molecule has 0 amide bonds.